The number of nitrogens with one attached hydrogen (secondary N) is 1. The number of carbonyl (C=O) groups is 1. The molecule has 1 heterocycles. The van der Waals surface area contributed by atoms with E-state index in [9.17, 15) is 4.79 Å². The van der Waals surface area contributed by atoms with Crippen molar-refractivity contribution in [1.82, 2.24) is 10.2 Å². The molecule has 2 atom stereocenters. The first-order valence-corrected chi connectivity index (χ1v) is 7.71. The second-order valence-corrected chi connectivity index (χ2v) is 6.51. The summed E-state index contributed by atoms with van der Waals surface area (Å²) in [6.07, 6.45) is 3.15. The normalized spacial score (nSPS) is 25.2. The van der Waals surface area contributed by atoms with Crippen molar-refractivity contribution in [2.45, 2.75) is 51.7 Å². The Kier molecular flexibility index (Phi) is 3.33. The average Bonchev–Trinajstić information content (AvgIpc) is 3.18. The molecule has 20 heavy (non-hydrogen) atoms. The van der Waals surface area contributed by atoms with Crippen LogP contribution in [0.2, 0.25) is 0 Å². The lowest BCUT2D eigenvalue weighted by Gasteiger charge is -2.27. The van der Waals surface area contributed by atoms with Crippen LogP contribution in [-0.2, 0) is 4.79 Å². The summed E-state index contributed by atoms with van der Waals surface area (Å²) in [6, 6.07) is 8.54. The average molecular weight is 272 g/mol. The molecule has 3 rings (SSSR count). The second-order valence-electron chi connectivity index (χ2n) is 6.51. The summed E-state index contributed by atoms with van der Waals surface area (Å²) in [5, 5.41) is 3.58. The highest BCUT2D eigenvalue weighted by Gasteiger charge is 2.59. The van der Waals surface area contributed by atoms with E-state index in [1.54, 1.807) is 0 Å². The molecule has 0 bridgehead atoms. The molecule has 1 saturated heterocycles. The van der Waals surface area contributed by atoms with Crippen molar-refractivity contribution < 1.29 is 4.79 Å². The molecule has 3 heteroatoms. The first-order valence-electron chi connectivity index (χ1n) is 7.71. The number of aryl methyl sites for hydroxylation is 1. The molecule has 1 aliphatic carbocycles. The molecule has 1 aliphatic heterocycles. The highest BCUT2D eigenvalue weighted by Crippen LogP contribution is 2.46. The number of amides is 1. The van der Waals surface area contributed by atoms with Crippen molar-refractivity contribution in [2.75, 3.05) is 6.54 Å². The quantitative estimate of drug-likeness (QED) is 0.914. The minimum absolute atomic E-state index is 0.0552. The Balaban J connectivity index is 1.87. The van der Waals surface area contributed by atoms with Crippen molar-refractivity contribution in [2.24, 2.45) is 5.92 Å². The monoisotopic (exact) mass is 272 g/mol. The topological polar surface area (TPSA) is 32.3 Å². The molecular formula is C17H24N2O. The van der Waals surface area contributed by atoms with Crippen LogP contribution in [0.1, 0.15) is 50.4 Å². The van der Waals surface area contributed by atoms with E-state index in [0.717, 1.165) is 25.8 Å². The van der Waals surface area contributed by atoms with Gasteiger partial charge in [0.1, 0.15) is 11.7 Å². The Bertz CT molecular complexity index is 504. The summed E-state index contributed by atoms with van der Waals surface area (Å²) in [7, 11) is 0. The zero-order valence-electron chi connectivity index (χ0n) is 12.6. The lowest BCUT2D eigenvalue weighted by Crippen LogP contribution is -2.35. The van der Waals surface area contributed by atoms with Crippen LogP contribution in [0.5, 0.6) is 0 Å². The zero-order chi connectivity index (χ0) is 14.3. The summed E-state index contributed by atoms with van der Waals surface area (Å²) >= 11 is 0. The van der Waals surface area contributed by atoms with Crippen LogP contribution in [0.15, 0.2) is 24.3 Å². The third kappa shape index (κ3) is 2.24. The van der Waals surface area contributed by atoms with E-state index in [0.29, 0.717) is 11.8 Å². The van der Waals surface area contributed by atoms with E-state index >= 15 is 0 Å². The van der Waals surface area contributed by atoms with Crippen molar-refractivity contribution in [3.05, 3.63) is 35.4 Å². The third-order valence-corrected chi connectivity index (χ3v) is 4.74. The first kappa shape index (κ1) is 13.6. The van der Waals surface area contributed by atoms with Gasteiger partial charge < -0.3 is 4.90 Å². The van der Waals surface area contributed by atoms with E-state index in [4.69, 9.17) is 0 Å². The van der Waals surface area contributed by atoms with Crippen LogP contribution in [-0.4, -0.2) is 22.9 Å². The first-order chi connectivity index (χ1) is 9.55. The third-order valence-electron chi connectivity index (χ3n) is 4.74. The predicted octanol–water partition coefficient (Wildman–Crippen LogP) is 3.00. The molecule has 0 aromatic heterocycles. The zero-order valence-corrected chi connectivity index (χ0v) is 12.6. The van der Waals surface area contributed by atoms with Gasteiger partial charge in [0.15, 0.2) is 0 Å². The van der Waals surface area contributed by atoms with Crippen LogP contribution in [0, 0.1) is 12.8 Å². The molecule has 1 saturated carbocycles. The van der Waals surface area contributed by atoms with Crippen LogP contribution in [0.4, 0.5) is 0 Å². The van der Waals surface area contributed by atoms with Crippen LogP contribution < -0.4 is 5.32 Å². The summed E-state index contributed by atoms with van der Waals surface area (Å²) in [6.45, 7) is 7.35. The second kappa shape index (κ2) is 4.88. The number of benzene rings is 1. The van der Waals surface area contributed by atoms with E-state index in [-0.39, 0.29) is 11.7 Å². The van der Waals surface area contributed by atoms with Crippen molar-refractivity contribution in [3.8, 4) is 0 Å². The van der Waals surface area contributed by atoms with Gasteiger partial charge in [0.2, 0.25) is 5.91 Å². The molecule has 1 spiro atoms. The maximum Gasteiger partial charge on any atom is 0.244 e. The highest BCUT2D eigenvalue weighted by molar-refractivity contribution is 5.92. The van der Waals surface area contributed by atoms with Gasteiger partial charge in [0.25, 0.3) is 0 Å². The van der Waals surface area contributed by atoms with Crippen molar-refractivity contribution in [1.29, 1.82) is 0 Å². The molecule has 2 aliphatic rings. The summed E-state index contributed by atoms with van der Waals surface area (Å²) < 4.78 is 0. The van der Waals surface area contributed by atoms with Crippen LogP contribution >= 0.6 is 0 Å². The number of hydrogen-bond acceptors (Lipinski definition) is 2. The minimum atomic E-state index is -0.233. The number of nitrogens with zero attached hydrogens (tertiary/aromatic N) is 1. The largest absolute Gasteiger partial charge is 0.321 e. The predicted molar refractivity (Wildman–Crippen MR) is 80.2 cm³/mol. The highest BCUT2D eigenvalue weighted by atomic mass is 16.2. The molecule has 0 radical (unpaired) electrons. The summed E-state index contributed by atoms with van der Waals surface area (Å²) in [5.74, 6) is 0.853. The van der Waals surface area contributed by atoms with E-state index in [2.05, 4.69) is 55.3 Å². The molecule has 3 nitrogen and oxygen atoms in total. The Morgan fingerprint density at radius 3 is 2.55 bits per heavy atom. The number of rotatable bonds is 4. The van der Waals surface area contributed by atoms with Gasteiger partial charge in [-0.25, -0.2) is 0 Å². The molecule has 1 aromatic carbocycles. The summed E-state index contributed by atoms with van der Waals surface area (Å²) in [4.78, 5) is 14.7. The van der Waals surface area contributed by atoms with Gasteiger partial charge in [-0.15, -0.1) is 0 Å². The molecule has 2 fully saturated rings. The van der Waals surface area contributed by atoms with Gasteiger partial charge in [-0.3, -0.25) is 10.1 Å². The lowest BCUT2D eigenvalue weighted by atomic mass is 10.1. The number of hydrogen-bond donors (Lipinski definition) is 1. The van der Waals surface area contributed by atoms with Gasteiger partial charge in [0.05, 0.1) is 0 Å². The molecule has 2 unspecified atom stereocenters. The lowest BCUT2D eigenvalue weighted by molar-refractivity contribution is -0.131. The number of carbonyl (C=O) groups excluding carboxylic acids is 1. The van der Waals surface area contributed by atoms with E-state index in [1.807, 2.05) is 0 Å². The maximum absolute atomic E-state index is 12.7. The molecular weight excluding hydrogens is 248 g/mol. The van der Waals surface area contributed by atoms with Gasteiger partial charge in [0, 0.05) is 6.54 Å². The maximum atomic E-state index is 12.7. The van der Waals surface area contributed by atoms with Crippen molar-refractivity contribution in [3.63, 3.8) is 0 Å². The van der Waals surface area contributed by atoms with Crippen molar-refractivity contribution >= 4 is 5.91 Å². The molecule has 1 aromatic rings. The van der Waals surface area contributed by atoms with Gasteiger partial charge >= 0.3 is 0 Å². The molecule has 108 valence electrons. The Hall–Kier alpha value is -1.35. The SMILES string of the molecule is CCC(C)CN1C(=O)C2(CC2)NC1c1ccc(C)cc1. The fourth-order valence-corrected chi connectivity index (χ4v) is 2.94. The Morgan fingerprint density at radius 2 is 2.00 bits per heavy atom. The van der Waals surface area contributed by atoms with E-state index in [1.165, 1.54) is 11.1 Å². The fraction of sp³-hybridized carbons (Fsp3) is 0.588. The Labute approximate surface area is 121 Å². The standard InChI is InChI=1S/C17H24N2O/c1-4-12(2)11-19-15(14-7-5-13(3)6-8-14)18-17(9-10-17)16(19)20/h5-8,12,15,18H,4,9-11H2,1-3H3. The molecule has 1 N–H and O–H groups in total. The summed E-state index contributed by atoms with van der Waals surface area (Å²) in [5.41, 5.74) is 2.23. The van der Waals surface area contributed by atoms with Crippen LogP contribution in [0.3, 0.4) is 0 Å². The fourth-order valence-electron chi connectivity index (χ4n) is 2.94. The Morgan fingerprint density at radius 1 is 1.35 bits per heavy atom. The smallest absolute Gasteiger partial charge is 0.244 e. The minimum Gasteiger partial charge on any atom is -0.321 e. The van der Waals surface area contributed by atoms with Crippen LogP contribution in [0.25, 0.3) is 0 Å². The molecule has 1 amide bonds. The van der Waals surface area contributed by atoms with Gasteiger partial charge in [-0.2, -0.15) is 0 Å². The van der Waals surface area contributed by atoms with E-state index < -0.39 is 0 Å². The van der Waals surface area contributed by atoms with Gasteiger partial charge in [-0.1, -0.05) is 50.1 Å². The van der Waals surface area contributed by atoms with Gasteiger partial charge in [-0.05, 0) is 31.2 Å².